The van der Waals surface area contributed by atoms with Crippen LogP contribution in [0.5, 0.6) is 0 Å². The number of benzene rings is 2. The lowest BCUT2D eigenvalue weighted by molar-refractivity contribution is -0.141. The van der Waals surface area contributed by atoms with E-state index in [-0.39, 0.29) is 5.91 Å². The second kappa shape index (κ2) is 10.3. The Balaban J connectivity index is 1.87. The second-order valence-corrected chi connectivity index (χ2v) is 9.88. The fraction of sp³-hybridized carbons (Fsp3) is 0.346. The zero-order valence-corrected chi connectivity index (χ0v) is 21.8. The minimum Gasteiger partial charge on any atom is -0.467 e. The number of carbonyl (C=O) groups excluding carboxylic acids is 2. The molecule has 0 bridgehead atoms. The molecular formula is C26H27BrClN3O3. The van der Waals surface area contributed by atoms with E-state index in [2.05, 4.69) is 15.9 Å². The van der Waals surface area contributed by atoms with Crippen LogP contribution in [0.4, 0.5) is 5.69 Å². The topological polar surface area (TPSA) is 64.4 Å². The predicted molar refractivity (Wildman–Crippen MR) is 137 cm³/mol. The molecule has 1 aliphatic rings. The zero-order chi connectivity index (χ0) is 24.4. The molecule has 0 aliphatic heterocycles. The fourth-order valence-electron chi connectivity index (χ4n) is 4.52. The molecule has 0 radical (unpaired) electrons. The number of anilines is 1. The number of halogens is 2. The van der Waals surface area contributed by atoms with Crippen LogP contribution in [-0.2, 0) is 22.4 Å². The number of hydrogen-bond acceptors (Lipinski definition) is 4. The van der Waals surface area contributed by atoms with E-state index in [1.54, 1.807) is 6.92 Å². The summed E-state index contributed by atoms with van der Waals surface area (Å²) in [6.45, 7) is 3.59. The monoisotopic (exact) mass is 543 g/mol. The van der Waals surface area contributed by atoms with Gasteiger partial charge in [0.2, 0.25) is 0 Å². The molecule has 1 unspecified atom stereocenters. The van der Waals surface area contributed by atoms with Gasteiger partial charge in [-0.25, -0.2) is 9.48 Å². The highest BCUT2D eigenvalue weighted by atomic mass is 79.9. The zero-order valence-electron chi connectivity index (χ0n) is 19.5. The minimum atomic E-state index is -0.820. The van der Waals surface area contributed by atoms with Crippen molar-refractivity contribution in [1.29, 1.82) is 0 Å². The lowest BCUT2D eigenvalue weighted by atomic mass is 10.0. The van der Waals surface area contributed by atoms with Gasteiger partial charge in [-0.15, -0.1) is 0 Å². The van der Waals surface area contributed by atoms with Crippen LogP contribution < -0.4 is 4.90 Å². The van der Waals surface area contributed by atoms with Gasteiger partial charge < -0.3 is 4.74 Å². The number of aromatic nitrogens is 2. The van der Waals surface area contributed by atoms with E-state index in [4.69, 9.17) is 21.4 Å². The molecule has 6 nitrogen and oxygen atoms in total. The smallest absolute Gasteiger partial charge is 0.328 e. The highest BCUT2D eigenvalue weighted by molar-refractivity contribution is 9.10. The van der Waals surface area contributed by atoms with Crippen molar-refractivity contribution in [3.05, 3.63) is 74.5 Å². The Kier molecular flexibility index (Phi) is 7.43. The van der Waals surface area contributed by atoms with E-state index in [9.17, 15) is 9.59 Å². The average molecular weight is 545 g/mol. The van der Waals surface area contributed by atoms with Crippen molar-refractivity contribution < 1.29 is 14.3 Å². The molecule has 3 aromatic rings. The summed E-state index contributed by atoms with van der Waals surface area (Å²) in [5.41, 5.74) is 4.74. The predicted octanol–water partition coefficient (Wildman–Crippen LogP) is 6.07. The maximum Gasteiger partial charge on any atom is 0.328 e. The Labute approximate surface area is 213 Å². The van der Waals surface area contributed by atoms with Gasteiger partial charge in [0.15, 0.2) is 5.69 Å². The molecule has 8 heteroatoms. The van der Waals surface area contributed by atoms with E-state index in [0.717, 1.165) is 59.1 Å². The molecule has 0 N–H and O–H groups in total. The Morgan fingerprint density at radius 2 is 1.82 bits per heavy atom. The molecule has 1 aromatic heterocycles. The van der Waals surface area contributed by atoms with Gasteiger partial charge in [-0.1, -0.05) is 34.0 Å². The van der Waals surface area contributed by atoms with E-state index >= 15 is 0 Å². The fourth-order valence-corrected chi connectivity index (χ4v) is 5.12. The van der Waals surface area contributed by atoms with Gasteiger partial charge in [0, 0.05) is 26.4 Å². The number of hydrogen-bond donors (Lipinski definition) is 0. The number of esters is 1. The quantitative estimate of drug-likeness (QED) is 0.289. The minimum absolute atomic E-state index is 0.311. The van der Waals surface area contributed by atoms with Crippen molar-refractivity contribution in [2.45, 2.75) is 52.0 Å². The molecule has 1 aliphatic carbocycles. The third-order valence-electron chi connectivity index (χ3n) is 6.27. The molecule has 1 amide bonds. The van der Waals surface area contributed by atoms with Gasteiger partial charge >= 0.3 is 5.97 Å². The van der Waals surface area contributed by atoms with Crippen LogP contribution in [0.1, 0.15) is 53.5 Å². The van der Waals surface area contributed by atoms with Gasteiger partial charge in [-0.3, -0.25) is 9.69 Å². The molecule has 1 heterocycles. The highest BCUT2D eigenvalue weighted by Crippen LogP contribution is 2.31. The van der Waals surface area contributed by atoms with E-state index < -0.39 is 12.0 Å². The second-order valence-electron chi connectivity index (χ2n) is 8.53. The van der Waals surface area contributed by atoms with Crippen molar-refractivity contribution in [3.63, 3.8) is 0 Å². The summed E-state index contributed by atoms with van der Waals surface area (Å²) in [4.78, 5) is 28.2. The maximum atomic E-state index is 14.1. The van der Waals surface area contributed by atoms with Crippen molar-refractivity contribution in [3.8, 4) is 5.69 Å². The number of amides is 1. The number of methoxy groups -OCH3 is 1. The molecule has 0 fully saturated rings. The van der Waals surface area contributed by atoms with Crippen LogP contribution in [0.2, 0.25) is 5.02 Å². The van der Waals surface area contributed by atoms with Crippen molar-refractivity contribution >= 4 is 45.1 Å². The number of fused-ring (bicyclic) bond motifs is 1. The van der Waals surface area contributed by atoms with Gasteiger partial charge in [0.1, 0.15) is 6.04 Å². The molecule has 0 saturated heterocycles. The first-order chi connectivity index (χ1) is 16.3. The first-order valence-electron chi connectivity index (χ1n) is 11.4. The first kappa shape index (κ1) is 24.5. The van der Waals surface area contributed by atoms with E-state index in [0.29, 0.717) is 16.4 Å². The molecule has 0 saturated carbocycles. The summed E-state index contributed by atoms with van der Waals surface area (Å²) in [5, 5.41) is 5.46. The van der Waals surface area contributed by atoms with Crippen LogP contribution in [0, 0.1) is 6.92 Å². The SMILES string of the molecule is COC(=O)C(C)N(C(=O)c1nn(-c2ccc(Cl)cc2)c2c1CCCCC2)c1ccc(Br)cc1C. The Hall–Kier alpha value is -2.64. The van der Waals surface area contributed by atoms with Crippen LogP contribution in [0.3, 0.4) is 0 Å². The summed E-state index contributed by atoms with van der Waals surface area (Å²) < 4.78 is 7.76. The molecule has 2 aromatic carbocycles. The van der Waals surface area contributed by atoms with Crippen molar-refractivity contribution in [1.82, 2.24) is 9.78 Å². The number of aryl methyl sites for hydroxylation is 1. The highest BCUT2D eigenvalue weighted by Gasteiger charge is 2.34. The largest absolute Gasteiger partial charge is 0.467 e. The summed E-state index contributed by atoms with van der Waals surface area (Å²) in [6, 6.07) is 12.3. The van der Waals surface area contributed by atoms with Gasteiger partial charge in [0.25, 0.3) is 5.91 Å². The summed E-state index contributed by atoms with van der Waals surface area (Å²) in [5.74, 6) is -0.798. The molecule has 34 heavy (non-hydrogen) atoms. The van der Waals surface area contributed by atoms with Crippen LogP contribution in [0.15, 0.2) is 46.9 Å². The Morgan fingerprint density at radius 1 is 1.12 bits per heavy atom. The van der Waals surface area contributed by atoms with Crippen LogP contribution >= 0.6 is 27.5 Å². The molecule has 1 atom stereocenters. The molecular weight excluding hydrogens is 518 g/mol. The van der Waals surface area contributed by atoms with Gasteiger partial charge in [0.05, 0.1) is 12.8 Å². The van der Waals surface area contributed by atoms with Crippen molar-refractivity contribution in [2.75, 3.05) is 12.0 Å². The number of carbonyl (C=O) groups is 2. The number of ether oxygens (including phenoxy) is 1. The van der Waals surface area contributed by atoms with Crippen LogP contribution in [0.25, 0.3) is 5.69 Å². The van der Waals surface area contributed by atoms with Crippen LogP contribution in [-0.4, -0.2) is 34.8 Å². The lowest BCUT2D eigenvalue weighted by Crippen LogP contribution is -2.45. The lowest BCUT2D eigenvalue weighted by Gasteiger charge is -2.28. The molecule has 178 valence electrons. The summed E-state index contributed by atoms with van der Waals surface area (Å²) >= 11 is 9.58. The first-order valence-corrected chi connectivity index (χ1v) is 12.5. The summed E-state index contributed by atoms with van der Waals surface area (Å²) in [6.07, 6.45) is 4.72. The Morgan fingerprint density at radius 3 is 2.50 bits per heavy atom. The van der Waals surface area contributed by atoms with E-state index in [1.807, 2.05) is 54.1 Å². The maximum absolute atomic E-state index is 14.1. The van der Waals surface area contributed by atoms with Crippen molar-refractivity contribution in [2.24, 2.45) is 0 Å². The molecule has 4 rings (SSSR count). The normalized spacial score (nSPS) is 14.1. The molecule has 0 spiro atoms. The number of rotatable bonds is 5. The third-order valence-corrected chi connectivity index (χ3v) is 7.02. The third kappa shape index (κ3) is 4.77. The number of nitrogens with zero attached hydrogens (tertiary/aromatic N) is 3. The van der Waals surface area contributed by atoms with Gasteiger partial charge in [-0.05, 0) is 87.6 Å². The standard InChI is InChI=1S/C26H27BrClN3O3/c1-16-15-18(27)9-14-22(16)30(17(2)26(33)34-3)25(32)24-21-7-5-4-6-8-23(21)31(29-24)20-12-10-19(28)11-13-20/h9-15,17H,4-8H2,1-3H3. The van der Waals surface area contributed by atoms with E-state index in [1.165, 1.54) is 12.0 Å². The average Bonchev–Trinajstić information content (AvgIpc) is 3.01. The Bertz CT molecular complexity index is 1220. The summed E-state index contributed by atoms with van der Waals surface area (Å²) in [7, 11) is 1.33. The van der Waals surface area contributed by atoms with Gasteiger partial charge in [-0.2, -0.15) is 5.10 Å².